The number of hydrogen-bond acceptors (Lipinski definition) is 3. The zero-order valence-electron chi connectivity index (χ0n) is 13.7. The molecule has 0 aliphatic heterocycles. The Labute approximate surface area is 158 Å². The van der Waals surface area contributed by atoms with Crippen LogP contribution in [0.4, 0.5) is 31.5 Å². The third kappa shape index (κ3) is 4.50. The molecule has 0 spiro atoms. The second-order valence-corrected chi connectivity index (χ2v) is 6.51. The van der Waals surface area contributed by atoms with E-state index in [9.17, 15) is 31.1 Å². The van der Waals surface area contributed by atoms with Gasteiger partial charge >= 0.3 is 12.4 Å². The molecule has 1 heterocycles. The highest BCUT2D eigenvalue weighted by Gasteiger charge is 2.37. The van der Waals surface area contributed by atoms with Crippen LogP contribution in [0.3, 0.4) is 0 Å². The number of nitrogens with one attached hydrogen (secondary N) is 1. The SMILES string of the molecule is O=C(Nc1nc(-c2ccccc2)cs1)c1cc(C(F)(F)F)cc(C(F)(F)F)c1. The Balaban J connectivity index is 1.89. The summed E-state index contributed by atoms with van der Waals surface area (Å²) in [6.45, 7) is 0. The zero-order valence-corrected chi connectivity index (χ0v) is 14.5. The van der Waals surface area contributed by atoms with Gasteiger partial charge in [-0.25, -0.2) is 4.98 Å². The molecule has 146 valence electrons. The average molecular weight is 416 g/mol. The molecule has 0 aliphatic rings. The summed E-state index contributed by atoms with van der Waals surface area (Å²) in [7, 11) is 0. The molecule has 1 aromatic heterocycles. The molecule has 1 N–H and O–H groups in total. The molecule has 28 heavy (non-hydrogen) atoms. The number of amides is 1. The van der Waals surface area contributed by atoms with Crippen LogP contribution in [0.25, 0.3) is 11.3 Å². The van der Waals surface area contributed by atoms with Gasteiger partial charge in [-0.05, 0) is 18.2 Å². The maximum Gasteiger partial charge on any atom is 0.416 e. The van der Waals surface area contributed by atoms with Crippen molar-refractivity contribution in [2.45, 2.75) is 12.4 Å². The van der Waals surface area contributed by atoms with E-state index >= 15 is 0 Å². The van der Waals surface area contributed by atoms with E-state index in [-0.39, 0.29) is 11.2 Å². The van der Waals surface area contributed by atoms with Crippen molar-refractivity contribution in [3.8, 4) is 11.3 Å². The van der Waals surface area contributed by atoms with Crippen LogP contribution in [0.15, 0.2) is 53.9 Å². The minimum atomic E-state index is -5.03. The summed E-state index contributed by atoms with van der Waals surface area (Å²) in [5.41, 5.74) is -2.62. The highest BCUT2D eigenvalue weighted by Crippen LogP contribution is 2.36. The van der Waals surface area contributed by atoms with Crippen molar-refractivity contribution in [2.24, 2.45) is 0 Å². The number of benzene rings is 2. The second-order valence-electron chi connectivity index (χ2n) is 5.65. The predicted molar refractivity (Wildman–Crippen MR) is 91.9 cm³/mol. The lowest BCUT2D eigenvalue weighted by Crippen LogP contribution is -2.17. The first-order chi connectivity index (χ1) is 13.0. The fourth-order valence-corrected chi connectivity index (χ4v) is 3.04. The van der Waals surface area contributed by atoms with Gasteiger partial charge in [-0.3, -0.25) is 10.1 Å². The number of anilines is 1. The number of carbonyl (C=O) groups is 1. The number of halogens is 6. The third-order valence-corrected chi connectivity index (χ3v) is 4.40. The van der Waals surface area contributed by atoms with Crippen LogP contribution >= 0.6 is 11.3 Å². The second kappa shape index (κ2) is 7.27. The van der Waals surface area contributed by atoms with E-state index in [1.807, 2.05) is 0 Å². The van der Waals surface area contributed by atoms with Crippen molar-refractivity contribution < 1.29 is 31.1 Å². The highest BCUT2D eigenvalue weighted by molar-refractivity contribution is 7.14. The van der Waals surface area contributed by atoms with Gasteiger partial charge in [0.05, 0.1) is 16.8 Å². The molecule has 0 saturated heterocycles. The minimum Gasteiger partial charge on any atom is -0.298 e. The summed E-state index contributed by atoms with van der Waals surface area (Å²) in [5, 5.41) is 3.90. The minimum absolute atomic E-state index is 0.0340. The number of hydrogen-bond donors (Lipinski definition) is 1. The van der Waals surface area contributed by atoms with Crippen LogP contribution in [-0.2, 0) is 12.4 Å². The van der Waals surface area contributed by atoms with Gasteiger partial charge in [-0.15, -0.1) is 11.3 Å². The lowest BCUT2D eigenvalue weighted by atomic mass is 10.0. The van der Waals surface area contributed by atoms with Gasteiger partial charge in [-0.2, -0.15) is 26.3 Å². The van der Waals surface area contributed by atoms with Crippen molar-refractivity contribution in [1.82, 2.24) is 4.98 Å². The molecule has 0 fully saturated rings. The normalized spacial score (nSPS) is 12.1. The molecule has 10 heteroatoms. The Hall–Kier alpha value is -2.88. The van der Waals surface area contributed by atoms with Crippen LogP contribution in [0, 0.1) is 0 Å². The Kier molecular flexibility index (Phi) is 5.16. The molecule has 0 saturated carbocycles. The number of nitrogens with zero attached hydrogens (tertiary/aromatic N) is 1. The smallest absolute Gasteiger partial charge is 0.298 e. The summed E-state index contributed by atoms with van der Waals surface area (Å²) in [4.78, 5) is 16.4. The van der Waals surface area contributed by atoms with E-state index in [2.05, 4.69) is 10.3 Å². The van der Waals surface area contributed by atoms with E-state index in [1.54, 1.807) is 35.7 Å². The Morgan fingerprint density at radius 2 is 1.46 bits per heavy atom. The summed E-state index contributed by atoms with van der Waals surface area (Å²) < 4.78 is 77.4. The molecule has 3 aromatic rings. The maximum atomic E-state index is 12.9. The van der Waals surface area contributed by atoms with Gasteiger partial charge in [0.15, 0.2) is 5.13 Å². The fourth-order valence-electron chi connectivity index (χ4n) is 2.33. The van der Waals surface area contributed by atoms with Crippen molar-refractivity contribution >= 4 is 22.4 Å². The van der Waals surface area contributed by atoms with Crippen LogP contribution in [0.1, 0.15) is 21.5 Å². The molecule has 3 rings (SSSR count). The van der Waals surface area contributed by atoms with Crippen molar-refractivity contribution in [3.05, 3.63) is 70.6 Å². The molecular formula is C18H10F6N2OS. The largest absolute Gasteiger partial charge is 0.416 e. The van der Waals surface area contributed by atoms with Crippen molar-refractivity contribution in [2.75, 3.05) is 5.32 Å². The Bertz CT molecular complexity index is 963. The van der Waals surface area contributed by atoms with Crippen LogP contribution in [0.5, 0.6) is 0 Å². The van der Waals surface area contributed by atoms with E-state index in [0.29, 0.717) is 17.8 Å². The third-order valence-electron chi connectivity index (χ3n) is 3.64. The molecule has 0 atom stereocenters. The zero-order chi connectivity index (χ0) is 20.5. The Morgan fingerprint density at radius 3 is 2.00 bits per heavy atom. The monoisotopic (exact) mass is 416 g/mol. The van der Waals surface area contributed by atoms with Crippen molar-refractivity contribution in [3.63, 3.8) is 0 Å². The first-order valence-corrected chi connectivity index (χ1v) is 8.54. The number of carbonyl (C=O) groups excluding carboxylic acids is 1. The molecule has 3 nitrogen and oxygen atoms in total. The first-order valence-electron chi connectivity index (χ1n) is 7.66. The summed E-state index contributed by atoms with van der Waals surface area (Å²) in [5.74, 6) is -1.12. The Morgan fingerprint density at radius 1 is 0.893 bits per heavy atom. The fraction of sp³-hybridized carbons (Fsp3) is 0.111. The van der Waals surface area contributed by atoms with E-state index in [1.165, 1.54) is 0 Å². The number of aromatic nitrogens is 1. The predicted octanol–water partition coefficient (Wildman–Crippen LogP) is 6.10. The summed E-state index contributed by atoms with van der Waals surface area (Å²) >= 11 is 0.999. The van der Waals surface area contributed by atoms with E-state index < -0.39 is 35.0 Å². The average Bonchev–Trinajstić information content (AvgIpc) is 3.09. The topological polar surface area (TPSA) is 42.0 Å². The molecule has 0 unspecified atom stereocenters. The molecule has 0 aliphatic carbocycles. The number of alkyl halides is 6. The molecule has 2 aromatic carbocycles. The number of thiazole rings is 1. The molecule has 0 bridgehead atoms. The van der Waals surface area contributed by atoms with Crippen LogP contribution in [-0.4, -0.2) is 10.9 Å². The van der Waals surface area contributed by atoms with Gasteiger partial charge in [-0.1, -0.05) is 30.3 Å². The van der Waals surface area contributed by atoms with Gasteiger partial charge in [0.2, 0.25) is 0 Å². The lowest BCUT2D eigenvalue weighted by molar-refractivity contribution is -0.143. The molecule has 1 amide bonds. The molecular weight excluding hydrogens is 406 g/mol. The standard InChI is InChI=1S/C18H10F6N2OS/c19-17(20,21)12-6-11(7-13(8-12)18(22,23)24)15(27)26-16-25-14(9-28-16)10-4-2-1-3-5-10/h1-9H,(H,25,26,27). The van der Waals surface area contributed by atoms with Crippen molar-refractivity contribution in [1.29, 1.82) is 0 Å². The maximum absolute atomic E-state index is 12.9. The van der Waals surface area contributed by atoms with Crippen LogP contribution < -0.4 is 5.32 Å². The van der Waals surface area contributed by atoms with Gasteiger partial charge in [0, 0.05) is 16.5 Å². The van der Waals surface area contributed by atoms with Crippen LogP contribution in [0.2, 0.25) is 0 Å². The van der Waals surface area contributed by atoms with Gasteiger partial charge in [0.1, 0.15) is 0 Å². The van der Waals surface area contributed by atoms with Gasteiger partial charge in [0.25, 0.3) is 5.91 Å². The van der Waals surface area contributed by atoms with E-state index in [0.717, 1.165) is 16.9 Å². The summed E-state index contributed by atoms with van der Waals surface area (Å²) in [6, 6.07) is 9.58. The summed E-state index contributed by atoms with van der Waals surface area (Å²) in [6.07, 6.45) is -10.1. The number of rotatable bonds is 3. The van der Waals surface area contributed by atoms with Gasteiger partial charge < -0.3 is 0 Å². The quantitative estimate of drug-likeness (QED) is 0.524. The lowest BCUT2D eigenvalue weighted by Gasteiger charge is -2.13. The highest BCUT2D eigenvalue weighted by atomic mass is 32.1. The van der Waals surface area contributed by atoms with E-state index in [4.69, 9.17) is 0 Å². The molecule has 0 radical (unpaired) electrons. The first kappa shape index (κ1) is 19.9.